The summed E-state index contributed by atoms with van der Waals surface area (Å²) in [6.07, 6.45) is 0. The van der Waals surface area contributed by atoms with Gasteiger partial charge in [-0.3, -0.25) is 19.2 Å². The summed E-state index contributed by atoms with van der Waals surface area (Å²) in [5.41, 5.74) is 4.98. The van der Waals surface area contributed by atoms with Crippen LogP contribution in [0.2, 0.25) is 0 Å². The van der Waals surface area contributed by atoms with Gasteiger partial charge < -0.3 is 35.6 Å². The zero-order chi connectivity index (χ0) is 36.0. The minimum absolute atomic E-state index is 0.112. The third-order valence-corrected chi connectivity index (χ3v) is 9.69. The Morgan fingerprint density at radius 1 is 0.863 bits per heavy atom. The molecule has 0 radical (unpaired) electrons. The van der Waals surface area contributed by atoms with Crippen LogP contribution in [0.25, 0.3) is 32.6 Å². The van der Waals surface area contributed by atoms with Gasteiger partial charge in [0.05, 0.1) is 11.7 Å². The van der Waals surface area contributed by atoms with Crippen LogP contribution in [-0.4, -0.2) is 59.2 Å². The fourth-order valence-electron chi connectivity index (χ4n) is 6.96. The van der Waals surface area contributed by atoms with Gasteiger partial charge in [-0.1, -0.05) is 38.1 Å². The van der Waals surface area contributed by atoms with Gasteiger partial charge in [0.25, 0.3) is 11.8 Å². The Hall–Kier alpha value is -5.65. The number of ether oxygens (including phenoxy) is 1. The molecule has 0 spiro atoms. The first kappa shape index (κ1) is 33.8. The number of fused-ring (bicyclic) bond motifs is 5. The highest BCUT2D eigenvalue weighted by Crippen LogP contribution is 2.46. The number of carbonyl (C=O) groups is 4. The number of anilines is 3. The second-order valence-corrected chi connectivity index (χ2v) is 13.4. The Balaban J connectivity index is 1.11. The molecule has 2 atom stereocenters. The minimum Gasteiger partial charge on any atom is -0.426 e. The number of aromatic nitrogens is 2. The van der Waals surface area contributed by atoms with E-state index < -0.39 is 5.97 Å². The second kappa shape index (κ2) is 13.6. The van der Waals surface area contributed by atoms with Crippen molar-refractivity contribution in [1.29, 1.82) is 0 Å². The van der Waals surface area contributed by atoms with Gasteiger partial charge in [0.2, 0.25) is 5.91 Å². The lowest BCUT2D eigenvalue weighted by Crippen LogP contribution is -2.42. The van der Waals surface area contributed by atoms with Crippen molar-refractivity contribution in [3.05, 3.63) is 95.8 Å². The van der Waals surface area contributed by atoms with Crippen LogP contribution in [0.5, 0.6) is 5.75 Å². The first-order valence-corrected chi connectivity index (χ1v) is 17.2. The third kappa shape index (κ3) is 6.42. The molecule has 3 heterocycles. The third-order valence-electron chi connectivity index (χ3n) is 9.32. The minimum atomic E-state index is -0.451. The molecule has 6 aromatic rings. The average molecular weight is 705 g/mol. The number of nitrogens with one attached hydrogen (secondary N) is 5. The summed E-state index contributed by atoms with van der Waals surface area (Å²) in [5, 5.41) is 12.1. The monoisotopic (exact) mass is 704 g/mol. The van der Waals surface area contributed by atoms with Crippen molar-refractivity contribution in [3.8, 4) is 5.75 Å². The number of carbonyl (C=O) groups excluding carboxylic acids is 4. The van der Waals surface area contributed by atoms with Gasteiger partial charge in [-0.15, -0.1) is 11.6 Å². The summed E-state index contributed by atoms with van der Waals surface area (Å²) in [6.45, 7) is 5.67. The van der Waals surface area contributed by atoms with Crippen molar-refractivity contribution in [1.82, 2.24) is 15.3 Å². The Kier molecular flexibility index (Phi) is 9.01. The molecule has 0 aliphatic carbocycles. The smallest absolute Gasteiger partial charge is 0.308 e. The standard InChI is InChI=1S/C39H37ClN6O5/c1-20(2)36(41-4)38(49)43-26-10-11-29-22(13-26)15-31(44-29)37(48)42-25-9-12-30-23(14-25)16-32(45-30)39(50)46-19-24(18-40)35-28-8-6-5-7-27(28)34(17-33(35)46)51-21(3)47/h5-17,20,24,36,41,44-45H,18-19H2,1-4H3,(H,42,48)(H,43,49)/t24?,36-/m0/s1. The lowest BCUT2D eigenvalue weighted by molar-refractivity contribution is -0.131. The number of rotatable bonds is 9. The van der Waals surface area contributed by atoms with Crippen LogP contribution in [0, 0.1) is 5.92 Å². The van der Waals surface area contributed by atoms with Gasteiger partial charge >= 0.3 is 5.97 Å². The summed E-state index contributed by atoms with van der Waals surface area (Å²) in [7, 11) is 1.76. The number of alkyl halides is 1. The lowest BCUT2D eigenvalue weighted by Gasteiger charge is -2.19. The predicted octanol–water partition coefficient (Wildman–Crippen LogP) is 7.15. The maximum atomic E-state index is 14.0. The van der Waals surface area contributed by atoms with Crippen LogP contribution in [0.1, 0.15) is 53.2 Å². The van der Waals surface area contributed by atoms with E-state index in [2.05, 4.69) is 25.9 Å². The Morgan fingerprint density at radius 2 is 1.49 bits per heavy atom. The summed E-state index contributed by atoms with van der Waals surface area (Å²) in [5.74, 6) is -0.470. The van der Waals surface area contributed by atoms with Crippen LogP contribution in [0.3, 0.4) is 0 Å². The van der Waals surface area contributed by atoms with Crippen LogP contribution < -0.4 is 25.6 Å². The normalized spacial score (nSPS) is 14.6. The van der Waals surface area contributed by atoms with Gasteiger partial charge in [0, 0.05) is 69.9 Å². The SMILES string of the molecule is CN[C@H](C(=O)Nc1ccc2[nH]c(C(=O)Nc3ccc4[nH]c(C(=O)N5CC(CCl)c6c5cc(OC(C)=O)c5ccccc65)cc4c3)cc2c1)C(C)C. The number of aromatic amines is 2. The van der Waals surface area contributed by atoms with E-state index in [1.807, 2.05) is 56.3 Å². The van der Waals surface area contributed by atoms with Crippen LogP contribution in [0.4, 0.5) is 17.1 Å². The number of H-pyrrole nitrogens is 2. The molecule has 11 nitrogen and oxygen atoms in total. The van der Waals surface area contributed by atoms with E-state index in [1.54, 1.807) is 48.3 Å². The zero-order valence-corrected chi connectivity index (χ0v) is 29.3. The fraction of sp³-hybridized carbons (Fsp3) is 0.231. The number of amides is 3. The lowest BCUT2D eigenvalue weighted by atomic mass is 9.95. The van der Waals surface area contributed by atoms with Crippen molar-refractivity contribution in [3.63, 3.8) is 0 Å². The van der Waals surface area contributed by atoms with E-state index in [-0.39, 0.29) is 35.6 Å². The first-order chi connectivity index (χ1) is 24.5. The molecule has 51 heavy (non-hydrogen) atoms. The highest BCUT2D eigenvalue weighted by atomic mass is 35.5. The molecular weight excluding hydrogens is 668 g/mol. The molecular formula is C39H37ClN6O5. The molecule has 1 unspecified atom stereocenters. The van der Waals surface area contributed by atoms with Crippen LogP contribution in [0.15, 0.2) is 78.9 Å². The molecule has 2 aromatic heterocycles. The largest absolute Gasteiger partial charge is 0.426 e. The van der Waals surface area contributed by atoms with Crippen LogP contribution >= 0.6 is 11.6 Å². The van der Waals surface area contributed by atoms with Gasteiger partial charge in [0.1, 0.15) is 17.1 Å². The highest BCUT2D eigenvalue weighted by Gasteiger charge is 2.36. The maximum absolute atomic E-state index is 14.0. The first-order valence-electron chi connectivity index (χ1n) is 16.7. The van der Waals surface area contributed by atoms with Gasteiger partial charge in [-0.25, -0.2) is 0 Å². The fourth-order valence-corrected chi connectivity index (χ4v) is 7.21. The highest BCUT2D eigenvalue weighted by molar-refractivity contribution is 6.19. The molecule has 3 amide bonds. The van der Waals surface area contributed by atoms with E-state index in [4.69, 9.17) is 16.3 Å². The number of likely N-dealkylation sites (N-methyl/N-ethyl adjacent to an activating group) is 1. The zero-order valence-electron chi connectivity index (χ0n) is 28.5. The Labute approximate surface area is 298 Å². The van der Waals surface area contributed by atoms with Crippen molar-refractivity contribution >= 4 is 84.9 Å². The summed E-state index contributed by atoms with van der Waals surface area (Å²) < 4.78 is 5.56. The van der Waals surface area contributed by atoms with E-state index in [0.717, 1.165) is 38.1 Å². The number of hydrogen-bond acceptors (Lipinski definition) is 6. The molecule has 1 aliphatic heterocycles. The number of halogens is 1. The number of nitrogens with zero attached hydrogens (tertiary/aromatic N) is 1. The average Bonchev–Trinajstić information content (AvgIpc) is 3.83. The van der Waals surface area contributed by atoms with Gasteiger partial charge in [0.15, 0.2) is 0 Å². The predicted molar refractivity (Wildman–Crippen MR) is 201 cm³/mol. The number of hydrogen-bond donors (Lipinski definition) is 5. The number of benzene rings is 4. The van der Waals surface area contributed by atoms with Crippen molar-refractivity contribution < 1.29 is 23.9 Å². The van der Waals surface area contributed by atoms with E-state index >= 15 is 0 Å². The summed E-state index contributed by atoms with van der Waals surface area (Å²) in [4.78, 5) is 60.1. The van der Waals surface area contributed by atoms with Crippen LogP contribution in [-0.2, 0) is 9.59 Å². The topological polar surface area (TPSA) is 148 Å². The Bertz CT molecular complexity index is 2360. The summed E-state index contributed by atoms with van der Waals surface area (Å²) >= 11 is 6.43. The van der Waals surface area contributed by atoms with Crippen molar-refractivity contribution in [2.75, 3.05) is 35.0 Å². The van der Waals surface area contributed by atoms with E-state index in [0.29, 0.717) is 46.6 Å². The number of esters is 1. The maximum Gasteiger partial charge on any atom is 0.308 e. The molecule has 12 heteroatoms. The molecule has 0 saturated heterocycles. The molecule has 0 bridgehead atoms. The van der Waals surface area contributed by atoms with E-state index in [1.165, 1.54) is 6.92 Å². The Morgan fingerprint density at radius 3 is 2.12 bits per heavy atom. The molecule has 0 saturated carbocycles. The van der Waals surface area contributed by atoms with Gasteiger partial charge in [-0.2, -0.15) is 0 Å². The van der Waals surface area contributed by atoms with Crippen molar-refractivity contribution in [2.24, 2.45) is 5.92 Å². The molecule has 1 aliphatic rings. The second-order valence-electron chi connectivity index (χ2n) is 13.1. The quantitative estimate of drug-likeness (QED) is 0.0614. The van der Waals surface area contributed by atoms with Gasteiger partial charge in [-0.05, 0) is 72.4 Å². The molecule has 260 valence electrons. The molecule has 7 rings (SSSR count). The molecule has 0 fully saturated rings. The van der Waals surface area contributed by atoms with Crippen molar-refractivity contribution in [2.45, 2.75) is 32.7 Å². The molecule has 4 aromatic carbocycles. The molecule has 5 N–H and O–H groups in total. The summed E-state index contributed by atoms with van der Waals surface area (Å²) in [6, 6.07) is 23.4. The van der Waals surface area contributed by atoms with E-state index in [9.17, 15) is 19.2 Å².